The zero-order valence-corrected chi connectivity index (χ0v) is 20.3. The Morgan fingerprint density at radius 1 is 0.892 bits per heavy atom. The van der Waals surface area contributed by atoms with Crippen LogP contribution in [0.3, 0.4) is 0 Å². The molecule has 0 aliphatic carbocycles. The van der Waals surface area contributed by atoms with Crippen molar-refractivity contribution in [2.75, 3.05) is 0 Å². The minimum Gasteiger partial charge on any atom is -0.507 e. The highest BCUT2D eigenvalue weighted by Crippen LogP contribution is 2.51. The van der Waals surface area contributed by atoms with Crippen LogP contribution >= 0.6 is 11.6 Å². The van der Waals surface area contributed by atoms with Crippen molar-refractivity contribution < 1.29 is 9.84 Å². The number of aromatic hydroxyl groups is 1. The summed E-state index contributed by atoms with van der Waals surface area (Å²) < 4.78 is 9.84. The molecule has 0 spiro atoms. The van der Waals surface area contributed by atoms with Gasteiger partial charge in [-0.15, -0.1) is 5.10 Å². The first kappa shape index (κ1) is 21.6. The fourth-order valence-electron chi connectivity index (χ4n) is 4.92. The Morgan fingerprint density at radius 3 is 2.46 bits per heavy atom. The molecule has 8 nitrogen and oxygen atoms in total. The van der Waals surface area contributed by atoms with E-state index in [1.165, 1.54) is 0 Å². The summed E-state index contributed by atoms with van der Waals surface area (Å²) in [5.74, 6) is 1.11. The van der Waals surface area contributed by atoms with E-state index in [1.54, 1.807) is 33.7 Å². The minimum absolute atomic E-state index is 0.0985. The van der Waals surface area contributed by atoms with Gasteiger partial charge < -0.3 is 9.84 Å². The van der Waals surface area contributed by atoms with Gasteiger partial charge in [-0.2, -0.15) is 5.10 Å². The summed E-state index contributed by atoms with van der Waals surface area (Å²) in [4.78, 5) is 9.45. The quantitative estimate of drug-likeness (QED) is 0.319. The summed E-state index contributed by atoms with van der Waals surface area (Å²) in [5.41, 5.74) is 5.26. The van der Waals surface area contributed by atoms with E-state index in [0.717, 1.165) is 28.1 Å². The first-order valence-corrected chi connectivity index (χ1v) is 12.1. The lowest BCUT2D eigenvalue weighted by Gasteiger charge is -2.27. The molecule has 7 rings (SSSR count). The largest absolute Gasteiger partial charge is 0.507 e. The Morgan fingerprint density at radius 2 is 1.65 bits per heavy atom. The fourth-order valence-corrected chi connectivity index (χ4v) is 5.16. The van der Waals surface area contributed by atoms with Crippen molar-refractivity contribution in [1.82, 2.24) is 29.4 Å². The lowest BCUT2D eigenvalue weighted by molar-refractivity contribution is 0.402. The van der Waals surface area contributed by atoms with Gasteiger partial charge in [-0.1, -0.05) is 60.1 Å². The van der Waals surface area contributed by atoms with Crippen LogP contribution in [0.1, 0.15) is 28.3 Å². The van der Waals surface area contributed by atoms with Crippen molar-refractivity contribution in [3.63, 3.8) is 0 Å². The van der Waals surface area contributed by atoms with E-state index in [2.05, 4.69) is 10.1 Å². The average molecular weight is 507 g/mol. The summed E-state index contributed by atoms with van der Waals surface area (Å²) in [7, 11) is 0. The van der Waals surface area contributed by atoms with Crippen LogP contribution in [0.4, 0.5) is 0 Å². The Kier molecular flexibility index (Phi) is 4.77. The van der Waals surface area contributed by atoms with Gasteiger partial charge >= 0.3 is 0 Å². The summed E-state index contributed by atoms with van der Waals surface area (Å²) in [5, 5.41) is 20.5. The predicted molar refractivity (Wildman–Crippen MR) is 139 cm³/mol. The number of hydrogen-bond donors (Lipinski definition) is 1. The van der Waals surface area contributed by atoms with E-state index < -0.39 is 0 Å². The number of hydrogen-bond acceptors (Lipinski definition) is 6. The summed E-state index contributed by atoms with van der Waals surface area (Å²) in [6.07, 6.45) is 1.56. The van der Waals surface area contributed by atoms with Crippen molar-refractivity contribution in [3.05, 3.63) is 113 Å². The molecule has 0 saturated carbocycles. The minimum atomic E-state index is -0.359. The smallest absolute Gasteiger partial charge is 0.230 e. The van der Waals surface area contributed by atoms with E-state index >= 15 is 0 Å². The van der Waals surface area contributed by atoms with E-state index in [9.17, 15) is 5.11 Å². The van der Waals surface area contributed by atoms with Crippen LogP contribution in [0.15, 0.2) is 85.2 Å². The van der Waals surface area contributed by atoms with E-state index in [0.29, 0.717) is 33.8 Å². The Balaban J connectivity index is 1.52. The molecule has 4 heterocycles. The van der Waals surface area contributed by atoms with Crippen molar-refractivity contribution in [2.45, 2.75) is 12.8 Å². The number of benzene rings is 3. The number of rotatable bonds is 3. The van der Waals surface area contributed by atoms with Crippen LogP contribution in [-0.2, 0) is 0 Å². The number of ether oxygens (including phenoxy) is 1. The van der Waals surface area contributed by atoms with Gasteiger partial charge in [0, 0.05) is 5.02 Å². The number of aromatic nitrogens is 6. The number of halogens is 1. The molecule has 180 valence electrons. The third-order valence-corrected chi connectivity index (χ3v) is 6.93. The molecular weight excluding hydrogens is 488 g/mol. The molecule has 0 radical (unpaired) electrons. The topological polar surface area (TPSA) is 90.4 Å². The molecule has 9 heteroatoms. The normalized spacial score (nSPS) is 14.3. The van der Waals surface area contributed by atoms with E-state index in [1.807, 2.05) is 67.6 Å². The predicted octanol–water partition coefficient (Wildman–Crippen LogP) is 5.93. The van der Waals surface area contributed by atoms with Gasteiger partial charge in [0.05, 0.1) is 34.0 Å². The Bertz CT molecular complexity index is 1810. The lowest BCUT2D eigenvalue weighted by Crippen LogP contribution is -2.16. The second-order valence-electron chi connectivity index (χ2n) is 8.79. The maximum absolute atomic E-state index is 10.4. The third kappa shape index (κ3) is 3.30. The zero-order valence-electron chi connectivity index (χ0n) is 19.6. The molecule has 0 amide bonds. The molecule has 0 saturated heterocycles. The lowest BCUT2D eigenvalue weighted by atomic mass is 9.84. The molecule has 6 aromatic rings. The number of para-hydroxylation sites is 2. The molecule has 1 aliphatic heterocycles. The Labute approximate surface area is 216 Å². The molecule has 0 fully saturated rings. The fraction of sp³-hybridized carbons (Fsp3) is 0.0714. The Hall–Kier alpha value is -4.69. The third-order valence-electron chi connectivity index (χ3n) is 6.58. The van der Waals surface area contributed by atoms with E-state index in [4.69, 9.17) is 26.4 Å². The van der Waals surface area contributed by atoms with Gasteiger partial charge in [0.25, 0.3) is 0 Å². The molecule has 37 heavy (non-hydrogen) atoms. The summed E-state index contributed by atoms with van der Waals surface area (Å²) >= 11 is 6.78. The van der Waals surface area contributed by atoms with Gasteiger partial charge in [-0.05, 0) is 42.8 Å². The van der Waals surface area contributed by atoms with Crippen molar-refractivity contribution in [2.24, 2.45) is 0 Å². The molecule has 3 aromatic carbocycles. The highest BCUT2D eigenvalue weighted by molar-refractivity contribution is 6.31. The molecule has 0 bridgehead atoms. The molecular formula is C28H19ClN6O2. The van der Waals surface area contributed by atoms with Crippen LogP contribution in [0.25, 0.3) is 22.7 Å². The maximum Gasteiger partial charge on any atom is 0.230 e. The molecule has 1 N–H and O–H groups in total. The summed E-state index contributed by atoms with van der Waals surface area (Å²) in [6.45, 7) is 1.96. The number of fused-ring (bicyclic) bond motifs is 4. The second-order valence-corrected chi connectivity index (χ2v) is 9.20. The van der Waals surface area contributed by atoms with Crippen LogP contribution in [0.2, 0.25) is 5.02 Å². The average Bonchev–Trinajstić information content (AvgIpc) is 3.50. The zero-order chi connectivity index (χ0) is 25.1. The highest BCUT2D eigenvalue weighted by Gasteiger charge is 2.39. The van der Waals surface area contributed by atoms with Crippen LogP contribution in [0, 0.1) is 6.92 Å². The summed E-state index contributed by atoms with van der Waals surface area (Å²) in [6, 6.07) is 24.5. The van der Waals surface area contributed by atoms with Gasteiger partial charge in [-0.25, -0.2) is 19.2 Å². The van der Waals surface area contributed by atoms with Gasteiger partial charge in [-0.3, -0.25) is 0 Å². The van der Waals surface area contributed by atoms with E-state index in [-0.39, 0.29) is 11.7 Å². The first-order chi connectivity index (χ1) is 18.1. The van der Waals surface area contributed by atoms with Crippen molar-refractivity contribution in [1.29, 1.82) is 0 Å². The van der Waals surface area contributed by atoms with Crippen LogP contribution < -0.4 is 4.74 Å². The van der Waals surface area contributed by atoms with Gasteiger partial charge in [0.1, 0.15) is 12.1 Å². The standard InChI is InChI=1S/C28H19ClN6O2/c1-16-22-23(18-11-5-7-13-20(18)29)24-26-31-25(19-12-6-8-14-21(19)36)33-34(26)15-30-27(24)37-28(22)35(32-16)17-9-3-2-4-10-17/h2-15,23,36H,1H3. The highest BCUT2D eigenvalue weighted by atomic mass is 35.5. The molecule has 1 aliphatic rings. The van der Waals surface area contributed by atoms with Crippen molar-refractivity contribution >= 4 is 17.2 Å². The second kappa shape index (κ2) is 8.18. The number of phenolic OH excluding ortho intramolecular Hbond substituents is 1. The SMILES string of the molecule is Cc1nn(-c2ccccc2)c2c1C(c1ccccc1Cl)c1c(ncn3nc(-c4ccccc4O)nc13)O2. The van der Waals surface area contributed by atoms with Gasteiger partial charge in [0.2, 0.25) is 11.8 Å². The van der Waals surface area contributed by atoms with Crippen LogP contribution in [-0.4, -0.2) is 34.5 Å². The molecule has 1 unspecified atom stereocenters. The van der Waals surface area contributed by atoms with Gasteiger partial charge in [0.15, 0.2) is 11.5 Å². The molecule has 3 aromatic heterocycles. The monoisotopic (exact) mass is 506 g/mol. The number of aryl methyl sites for hydroxylation is 1. The molecule has 1 atom stereocenters. The maximum atomic E-state index is 10.4. The number of phenols is 1. The van der Waals surface area contributed by atoms with Crippen LogP contribution in [0.5, 0.6) is 17.5 Å². The first-order valence-electron chi connectivity index (χ1n) is 11.7. The van der Waals surface area contributed by atoms with Crippen molar-refractivity contribution in [3.8, 4) is 34.6 Å². The number of nitrogens with zero attached hydrogens (tertiary/aromatic N) is 6.